The fourth-order valence-corrected chi connectivity index (χ4v) is 2.25. The van der Waals surface area contributed by atoms with E-state index in [1.54, 1.807) is 24.3 Å². The van der Waals surface area contributed by atoms with Gasteiger partial charge in [-0.2, -0.15) is 0 Å². The van der Waals surface area contributed by atoms with E-state index in [0.29, 0.717) is 30.2 Å². The number of aryl methyl sites for hydroxylation is 2. The molecule has 0 aliphatic rings. The van der Waals surface area contributed by atoms with Crippen LogP contribution in [0.4, 0.5) is 0 Å². The molecule has 0 atom stereocenters. The molecule has 1 heterocycles. The Morgan fingerprint density at radius 1 is 1.27 bits per heavy atom. The van der Waals surface area contributed by atoms with Gasteiger partial charge in [-0.25, -0.2) is 4.79 Å². The van der Waals surface area contributed by atoms with Crippen molar-refractivity contribution in [2.75, 3.05) is 13.2 Å². The number of benzene rings is 1. The fourth-order valence-electron chi connectivity index (χ4n) is 2.25. The minimum Gasteiger partial charge on any atom is -0.489 e. The molecule has 0 spiro atoms. The number of amides is 1. The molecule has 0 radical (unpaired) electrons. The standard InChI is InChI=1S/C19H24N2O5/c1-4-5-9-20-18(22)12-25-19(23)15-7-6-8-16(10-15)24-11-17-13(2)21-26-14(17)3/h6-8,10H,4-5,9,11-12H2,1-3H3,(H,20,22). The SMILES string of the molecule is CCCCNC(=O)COC(=O)c1cccc(OCc2c(C)noc2C)c1. The number of aromatic nitrogens is 1. The highest BCUT2D eigenvalue weighted by Crippen LogP contribution is 2.19. The Labute approximate surface area is 152 Å². The molecule has 140 valence electrons. The molecule has 2 aromatic rings. The first-order valence-electron chi connectivity index (χ1n) is 8.59. The van der Waals surface area contributed by atoms with E-state index < -0.39 is 5.97 Å². The summed E-state index contributed by atoms with van der Waals surface area (Å²) in [6.07, 6.45) is 1.88. The van der Waals surface area contributed by atoms with E-state index in [-0.39, 0.29) is 12.5 Å². The van der Waals surface area contributed by atoms with E-state index in [9.17, 15) is 9.59 Å². The van der Waals surface area contributed by atoms with Gasteiger partial charge in [0.05, 0.1) is 16.8 Å². The van der Waals surface area contributed by atoms with E-state index >= 15 is 0 Å². The van der Waals surface area contributed by atoms with Crippen molar-refractivity contribution < 1.29 is 23.6 Å². The summed E-state index contributed by atoms with van der Waals surface area (Å²) in [4.78, 5) is 23.7. The Bertz CT molecular complexity index is 735. The van der Waals surface area contributed by atoms with Crippen LogP contribution in [0.3, 0.4) is 0 Å². The summed E-state index contributed by atoms with van der Waals surface area (Å²) in [5, 5.41) is 6.57. The van der Waals surface area contributed by atoms with Crippen molar-refractivity contribution in [3.8, 4) is 5.75 Å². The highest BCUT2D eigenvalue weighted by Gasteiger charge is 2.13. The molecule has 1 N–H and O–H groups in total. The first-order chi connectivity index (χ1) is 12.5. The number of rotatable bonds is 9. The number of nitrogens with zero attached hydrogens (tertiary/aromatic N) is 1. The zero-order chi connectivity index (χ0) is 18.9. The average Bonchev–Trinajstić information content (AvgIpc) is 2.96. The first-order valence-corrected chi connectivity index (χ1v) is 8.59. The van der Waals surface area contributed by atoms with E-state index in [4.69, 9.17) is 14.0 Å². The van der Waals surface area contributed by atoms with Crippen LogP contribution in [-0.4, -0.2) is 30.2 Å². The number of hydrogen-bond acceptors (Lipinski definition) is 6. The topological polar surface area (TPSA) is 90.7 Å². The molecule has 0 unspecified atom stereocenters. The Hall–Kier alpha value is -2.83. The monoisotopic (exact) mass is 360 g/mol. The molecule has 1 amide bonds. The number of nitrogens with one attached hydrogen (secondary N) is 1. The second-order valence-electron chi connectivity index (χ2n) is 5.90. The van der Waals surface area contributed by atoms with E-state index in [1.807, 2.05) is 20.8 Å². The van der Waals surface area contributed by atoms with Gasteiger partial charge >= 0.3 is 5.97 Å². The van der Waals surface area contributed by atoms with Gasteiger partial charge in [-0.15, -0.1) is 0 Å². The van der Waals surface area contributed by atoms with Crippen LogP contribution in [0, 0.1) is 13.8 Å². The lowest BCUT2D eigenvalue weighted by Crippen LogP contribution is -2.29. The molecule has 2 rings (SSSR count). The van der Waals surface area contributed by atoms with Gasteiger partial charge in [0.2, 0.25) is 0 Å². The maximum absolute atomic E-state index is 12.1. The molecule has 0 aliphatic heterocycles. The lowest BCUT2D eigenvalue weighted by atomic mass is 10.2. The summed E-state index contributed by atoms with van der Waals surface area (Å²) in [5.41, 5.74) is 1.97. The molecular formula is C19H24N2O5. The van der Waals surface area contributed by atoms with E-state index in [2.05, 4.69) is 10.5 Å². The second kappa shape index (κ2) is 9.60. The number of esters is 1. The average molecular weight is 360 g/mol. The predicted octanol–water partition coefficient (Wildman–Crippen LogP) is 2.94. The van der Waals surface area contributed by atoms with Crippen LogP contribution in [0.25, 0.3) is 0 Å². The van der Waals surface area contributed by atoms with E-state index in [0.717, 1.165) is 24.1 Å². The predicted molar refractivity (Wildman–Crippen MR) is 95.0 cm³/mol. The van der Waals surface area contributed by atoms with Gasteiger partial charge in [-0.05, 0) is 38.5 Å². The Morgan fingerprint density at radius 3 is 2.77 bits per heavy atom. The summed E-state index contributed by atoms with van der Waals surface area (Å²) >= 11 is 0. The van der Waals surface area contributed by atoms with Crippen LogP contribution in [0.5, 0.6) is 5.75 Å². The third-order valence-electron chi connectivity index (χ3n) is 3.82. The number of carbonyl (C=O) groups is 2. The van der Waals surface area contributed by atoms with Crippen molar-refractivity contribution in [2.45, 2.75) is 40.2 Å². The van der Waals surface area contributed by atoms with Gasteiger partial charge < -0.3 is 19.3 Å². The zero-order valence-corrected chi connectivity index (χ0v) is 15.3. The molecule has 0 aliphatic carbocycles. The summed E-state index contributed by atoms with van der Waals surface area (Å²) in [6.45, 7) is 6.27. The van der Waals surface area contributed by atoms with Gasteiger partial charge in [-0.1, -0.05) is 24.6 Å². The van der Waals surface area contributed by atoms with Gasteiger partial charge in [0, 0.05) is 6.54 Å². The Morgan fingerprint density at radius 2 is 2.08 bits per heavy atom. The molecule has 7 heteroatoms. The summed E-state index contributed by atoms with van der Waals surface area (Å²) < 4.78 is 15.8. The van der Waals surface area contributed by atoms with Crippen LogP contribution >= 0.6 is 0 Å². The maximum atomic E-state index is 12.1. The van der Waals surface area contributed by atoms with E-state index in [1.165, 1.54) is 0 Å². The molecule has 0 saturated heterocycles. The van der Waals surface area contributed by atoms with Crippen molar-refractivity contribution in [1.82, 2.24) is 10.5 Å². The van der Waals surface area contributed by atoms with Crippen molar-refractivity contribution in [3.63, 3.8) is 0 Å². The molecule has 0 fully saturated rings. The van der Waals surface area contributed by atoms with Crippen molar-refractivity contribution in [3.05, 3.63) is 46.8 Å². The Balaban J connectivity index is 1.87. The lowest BCUT2D eigenvalue weighted by molar-refractivity contribution is -0.124. The fraction of sp³-hybridized carbons (Fsp3) is 0.421. The van der Waals surface area contributed by atoms with Crippen LogP contribution in [0.15, 0.2) is 28.8 Å². The smallest absolute Gasteiger partial charge is 0.338 e. The molecule has 7 nitrogen and oxygen atoms in total. The summed E-state index contributed by atoms with van der Waals surface area (Å²) in [6, 6.07) is 6.63. The van der Waals surface area contributed by atoms with Crippen LogP contribution in [0.2, 0.25) is 0 Å². The number of carbonyl (C=O) groups excluding carboxylic acids is 2. The molecule has 0 saturated carbocycles. The normalized spacial score (nSPS) is 10.4. The van der Waals surface area contributed by atoms with Gasteiger partial charge in [0.25, 0.3) is 5.91 Å². The van der Waals surface area contributed by atoms with Gasteiger partial charge in [-0.3, -0.25) is 4.79 Å². The third kappa shape index (κ3) is 5.61. The first kappa shape index (κ1) is 19.5. The summed E-state index contributed by atoms with van der Waals surface area (Å²) in [7, 11) is 0. The Kier molecular flexibility index (Phi) is 7.20. The number of ether oxygens (including phenoxy) is 2. The minimum atomic E-state index is -0.571. The molecule has 26 heavy (non-hydrogen) atoms. The van der Waals surface area contributed by atoms with Crippen molar-refractivity contribution >= 4 is 11.9 Å². The lowest BCUT2D eigenvalue weighted by Gasteiger charge is -2.09. The maximum Gasteiger partial charge on any atom is 0.338 e. The third-order valence-corrected chi connectivity index (χ3v) is 3.82. The largest absolute Gasteiger partial charge is 0.489 e. The summed E-state index contributed by atoms with van der Waals surface area (Å²) in [5.74, 6) is 0.343. The number of hydrogen-bond donors (Lipinski definition) is 1. The number of unbranched alkanes of at least 4 members (excludes halogenated alkanes) is 1. The minimum absolute atomic E-state index is 0.291. The van der Waals surface area contributed by atoms with Crippen molar-refractivity contribution in [1.29, 1.82) is 0 Å². The van der Waals surface area contributed by atoms with Crippen LogP contribution in [-0.2, 0) is 16.1 Å². The van der Waals surface area contributed by atoms with Crippen LogP contribution < -0.4 is 10.1 Å². The molecule has 1 aromatic carbocycles. The highest BCUT2D eigenvalue weighted by atomic mass is 16.5. The van der Waals surface area contributed by atoms with Gasteiger partial charge in [0.15, 0.2) is 6.61 Å². The van der Waals surface area contributed by atoms with Crippen molar-refractivity contribution in [2.24, 2.45) is 0 Å². The molecular weight excluding hydrogens is 336 g/mol. The highest BCUT2D eigenvalue weighted by molar-refractivity contribution is 5.91. The van der Waals surface area contributed by atoms with Gasteiger partial charge in [0.1, 0.15) is 18.1 Å². The molecule has 0 bridgehead atoms. The van der Waals surface area contributed by atoms with Crippen LogP contribution in [0.1, 0.15) is 47.1 Å². The quantitative estimate of drug-likeness (QED) is 0.546. The second-order valence-corrected chi connectivity index (χ2v) is 5.90. The zero-order valence-electron chi connectivity index (χ0n) is 15.3. The molecule has 1 aromatic heterocycles.